The van der Waals surface area contributed by atoms with Gasteiger partial charge in [-0.2, -0.15) is 0 Å². The molecule has 2 rings (SSSR count). The fraction of sp³-hybridized carbons (Fsp3) is 0.267. The molecule has 3 nitrogen and oxygen atoms in total. The Morgan fingerprint density at radius 3 is 2.75 bits per heavy atom. The molecule has 0 bridgehead atoms. The second-order valence-corrected chi connectivity index (χ2v) is 5.06. The number of nitrogens with two attached hydrogens (primary N) is 1. The van der Waals surface area contributed by atoms with Crippen LogP contribution in [0.25, 0.3) is 0 Å². The van der Waals surface area contributed by atoms with Gasteiger partial charge in [0.25, 0.3) is 0 Å². The van der Waals surface area contributed by atoms with E-state index in [0.717, 1.165) is 23.2 Å². The summed E-state index contributed by atoms with van der Waals surface area (Å²) in [5.74, 6) is 0.169. The third-order valence-corrected chi connectivity index (χ3v) is 3.38. The summed E-state index contributed by atoms with van der Waals surface area (Å²) in [5.41, 5.74) is 8.57. The topological polar surface area (TPSA) is 50.9 Å². The highest BCUT2D eigenvalue weighted by molar-refractivity contribution is 6.30. The van der Waals surface area contributed by atoms with Gasteiger partial charge in [0.05, 0.1) is 11.1 Å². The van der Waals surface area contributed by atoms with Gasteiger partial charge in [0.2, 0.25) is 0 Å². The molecule has 3 N–H and O–H groups in total. The zero-order valence-electron chi connectivity index (χ0n) is 11.5. The van der Waals surface area contributed by atoms with Gasteiger partial charge in [-0.3, -0.25) is 0 Å². The SMILES string of the molecule is CCNC(c1ccc(F)cc1C)c1cc(Cl)cnc1N. The van der Waals surface area contributed by atoms with Crippen molar-refractivity contribution in [2.45, 2.75) is 19.9 Å². The second kappa shape index (κ2) is 6.20. The monoisotopic (exact) mass is 293 g/mol. The van der Waals surface area contributed by atoms with E-state index >= 15 is 0 Å². The summed E-state index contributed by atoms with van der Waals surface area (Å²) in [6.45, 7) is 4.62. The minimum absolute atomic E-state index is 0.160. The van der Waals surface area contributed by atoms with Gasteiger partial charge in [0.1, 0.15) is 11.6 Å². The Balaban J connectivity index is 2.53. The summed E-state index contributed by atoms with van der Waals surface area (Å²) in [6, 6.07) is 6.35. The maximum absolute atomic E-state index is 13.3. The van der Waals surface area contributed by atoms with Crippen molar-refractivity contribution in [2.24, 2.45) is 0 Å². The molecule has 0 radical (unpaired) electrons. The van der Waals surface area contributed by atoms with Gasteiger partial charge in [-0.05, 0) is 42.8 Å². The number of anilines is 1. The Bertz CT molecular complexity index is 616. The highest BCUT2D eigenvalue weighted by Crippen LogP contribution is 2.29. The number of benzene rings is 1. The molecule has 0 saturated heterocycles. The van der Waals surface area contributed by atoms with E-state index in [2.05, 4.69) is 10.3 Å². The number of nitrogen functional groups attached to an aromatic ring is 1. The number of aromatic nitrogens is 1. The smallest absolute Gasteiger partial charge is 0.128 e. The highest BCUT2D eigenvalue weighted by atomic mass is 35.5. The Morgan fingerprint density at radius 2 is 2.10 bits per heavy atom. The first-order valence-electron chi connectivity index (χ1n) is 6.43. The van der Waals surface area contributed by atoms with Gasteiger partial charge < -0.3 is 11.1 Å². The van der Waals surface area contributed by atoms with Crippen molar-refractivity contribution < 1.29 is 4.39 Å². The largest absolute Gasteiger partial charge is 0.383 e. The standard InChI is InChI=1S/C15H17ClFN3/c1-3-19-14(12-5-4-11(17)6-9(12)2)13-7-10(16)8-20-15(13)18/h4-8,14,19H,3H2,1-2H3,(H2,18,20). The molecule has 0 aliphatic carbocycles. The average Bonchev–Trinajstić information content (AvgIpc) is 2.40. The number of nitrogens with zero attached hydrogens (tertiary/aromatic N) is 1. The molecule has 0 aliphatic rings. The molecule has 0 saturated carbocycles. The van der Waals surface area contributed by atoms with E-state index in [-0.39, 0.29) is 11.9 Å². The molecule has 5 heteroatoms. The molecule has 1 heterocycles. The van der Waals surface area contributed by atoms with E-state index in [1.54, 1.807) is 12.1 Å². The number of hydrogen-bond donors (Lipinski definition) is 2. The van der Waals surface area contributed by atoms with E-state index in [9.17, 15) is 4.39 Å². The van der Waals surface area contributed by atoms with E-state index in [1.807, 2.05) is 13.8 Å². The van der Waals surface area contributed by atoms with Gasteiger partial charge in [0.15, 0.2) is 0 Å². The zero-order chi connectivity index (χ0) is 14.7. The van der Waals surface area contributed by atoms with Crippen LogP contribution >= 0.6 is 11.6 Å². The van der Waals surface area contributed by atoms with E-state index in [4.69, 9.17) is 17.3 Å². The third-order valence-electron chi connectivity index (χ3n) is 3.18. The molecule has 20 heavy (non-hydrogen) atoms. The van der Waals surface area contributed by atoms with Crippen molar-refractivity contribution in [3.05, 3.63) is 58.0 Å². The normalized spacial score (nSPS) is 12.4. The Morgan fingerprint density at radius 1 is 1.35 bits per heavy atom. The van der Waals surface area contributed by atoms with E-state index in [1.165, 1.54) is 18.3 Å². The number of aryl methyl sites for hydroxylation is 1. The number of hydrogen-bond acceptors (Lipinski definition) is 3. The second-order valence-electron chi connectivity index (χ2n) is 4.62. The number of nitrogens with one attached hydrogen (secondary N) is 1. The van der Waals surface area contributed by atoms with Crippen LogP contribution < -0.4 is 11.1 Å². The lowest BCUT2D eigenvalue weighted by Gasteiger charge is -2.22. The lowest BCUT2D eigenvalue weighted by atomic mass is 9.95. The summed E-state index contributed by atoms with van der Waals surface area (Å²) >= 11 is 6.01. The van der Waals surface area contributed by atoms with Crippen LogP contribution in [0.4, 0.5) is 10.2 Å². The summed E-state index contributed by atoms with van der Waals surface area (Å²) < 4.78 is 13.3. The third kappa shape index (κ3) is 3.08. The van der Waals surface area contributed by atoms with Crippen LogP contribution in [0.15, 0.2) is 30.5 Å². The Labute approximate surface area is 123 Å². The molecule has 2 aromatic rings. The van der Waals surface area contributed by atoms with Crippen LogP contribution in [0.5, 0.6) is 0 Å². The maximum atomic E-state index is 13.3. The molecule has 1 aromatic carbocycles. The van der Waals surface area contributed by atoms with Crippen molar-refractivity contribution in [3.8, 4) is 0 Å². The van der Waals surface area contributed by atoms with Crippen LogP contribution in [0.1, 0.15) is 29.7 Å². The predicted octanol–water partition coefficient (Wildman–Crippen LogP) is 3.46. The summed E-state index contributed by atoms with van der Waals surface area (Å²) in [4.78, 5) is 4.09. The Hall–Kier alpha value is -1.65. The molecule has 0 aliphatic heterocycles. The molecule has 106 valence electrons. The lowest BCUT2D eigenvalue weighted by Crippen LogP contribution is -2.24. The lowest BCUT2D eigenvalue weighted by molar-refractivity contribution is 0.610. The first-order valence-corrected chi connectivity index (χ1v) is 6.81. The molecule has 1 atom stereocenters. The molecular weight excluding hydrogens is 277 g/mol. The number of halogens is 2. The molecular formula is C15H17ClFN3. The maximum Gasteiger partial charge on any atom is 0.128 e. The van der Waals surface area contributed by atoms with Gasteiger partial charge in [-0.15, -0.1) is 0 Å². The van der Waals surface area contributed by atoms with Crippen molar-refractivity contribution in [1.82, 2.24) is 10.3 Å². The quantitative estimate of drug-likeness (QED) is 0.907. The molecule has 0 amide bonds. The zero-order valence-corrected chi connectivity index (χ0v) is 12.2. The first kappa shape index (κ1) is 14.8. The Kier molecular flexibility index (Phi) is 4.57. The number of rotatable bonds is 4. The van der Waals surface area contributed by atoms with Crippen LogP contribution in [-0.4, -0.2) is 11.5 Å². The molecule has 0 fully saturated rings. The fourth-order valence-electron chi connectivity index (χ4n) is 2.25. The number of pyridine rings is 1. The summed E-state index contributed by atoms with van der Waals surface area (Å²) in [5, 5.41) is 3.87. The van der Waals surface area contributed by atoms with E-state index in [0.29, 0.717) is 10.8 Å². The van der Waals surface area contributed by atoms with Crippen molar-refractivity contribution >= 4 is 17.4 Å². The molecule has 0 spiro atoms. The van der Waals surface area contributed by atoms with Gasteiger partial charge >= 0.3 is 0 Å². The van der Waals surface area contributed by atoms with Crippen LogP contribution in [0, 0.1) is 12.7 Å². The summed E-state index contributed by atoms with van der Waals surface area (Å²) in [7, 11) is 0. The minimum atomic E-state index is -0.251. The minimum Gasteiger partial charge on any atom is -0.383 e. The molecule has 1 aromatic heterocycles. The predicted molar refractivity (Wildman–Crippen MR) is 80.3 cm³/mol. The first-order chi connectivity index (χ1) is 9.52. The van der Waals surface area contributed by atoms with Crippen LogP contribution in [-0.2, 0) is 0 Å². The van der Waals surface area contributed by atoms with Gasteiger partial charge in [-0.1, -0.05) is 24.6 Å². The van der Waals surface area contributed by atoms with Crippen molar-refractivity contribution in [1.29, 1.82) is 0 Å². The van der Waals surface area contributed by atoms with Crippen LogP contribution in [0.3, 0.4) is 0 Å². The van der Waals surface area contributed by atoms with Crippen molar-refractivity contribution in [2.75, 3.05) is 12.3 Å². The van der Waals surface area contributed by atoms with Crippen molar-refractivity contribution in [3.63, 3.8) is 0 Å². The highest BCUT2D eigenvalue weighted by Gasteiger charge is 2.19. The average molecular weight is 294 g/mol. The van der Waals surface area contributed by atoms with Gasteiger partial charge in [-0.25, -0.2) is 9.37 Å². The summed E-state index contributed by atoms with van der Waals surface area (Å²) in [6.07, 6.45) is 1.51. The van der Waals surface area contributed by atoms with Crippen LogP contribution in [0.2, 0.25) is 5.02 Å². The van der Waals surface area contributed by atoms with E-state index < -0.39 is 0 Å². The fourth-order valence-corrected chi connectivity index (χ4v) is 2.42. The van der Waals surface area contributed by atoms with Gasteiger partial charge in [0, 0.05) is 11.8 Å². The molecule has 1 unspecified atom stereocenters.